The van der Waals surface area contributed by atoms with E-state index in [1.165, 1.54) is 0 Å². The van der Waals surface area contributed by atoms with Crippen LogP contribution < -0.4 is 10.5 Å². The molecule has 0 N–H and O–H groups in total. The third-order valence-corrected chi connectivity index (χ3v) is 3.33. The van der Waals surface area contributed by atoms with Gasteiger partial charge in [0.1, 0.15) is 5.58 Å². The van der Waals surface area contributed by atoms with E-state index in [1.807, 2.05) is 38.1 Å². The summed E-state index contributed by atoms with van der Waals surface area (Å²) < 4.78 is 5.43. The monoisotopic (exact) mass is 245 g/mol. The van der Waals surface area contributed by atoms with Crippen LogP contribution in [0.1, 0.15) is 25.0 Å². The van der Waals surface area contributed by atoms with Gasteiger partial charge in [0.2, 0.25) is 0 Å². The largest absolute Gasteiger partial charge is 0.422 e. The van der Waals surface area contributed by atoms with Crippen molar-refractivity contribution in [3.05, 3.63) is 39.7 Å². The summed E-state index contributed by atoms with van der Waals surface area (Å²) in [6.45, 7) is 4.07. The fourth-order valence-electron chi connectivity index (χ4n) is 2.33. The Morgan fingerprint density at radius 2 is 1.78 bits per heavy atom. The summed E-state index contributed by atoms with van der Waals surface area (Å²) in [6.07, 6.45) is 1.57. The number of hydrogen-bond donors (Lipinski definition) is 0. The lowest BCUT2D eigenvalue weighted by Crippen LogP contribution is -2.12. The molecule has 0 fully saturated rings. The Labute approximate surface area is 107 Å². The Hall–Kier alpha value is -1.77. The molecule has 0 bridgehead atoms. The molecule has 2 aromatic rings. The zero-order valence-corrected chi connectivity index (χ0v) is 11.4. The Bertz CT molecular complexity index is 626. The molecule has 0 atom stereocenters. The van der Waals surface area contributed by atoms with Crippen LogP contribution in [0.4, 0.5) is 5.69 Å². The van der Waals surface area contributed by atoms with Crippen molar-refractivity contribution in [2.45, 2.75) is 26.7 Å². The van der Waals surface area contributed by atoms with E-state index in [1.54, 1.807) is 0 Å². The van der Waals surface area contributed by atoms with Crippen molar-refractivity contribution in [3.63, 3.8) is 0 Å². The molecule has 2 rings (SSSR count). The Kier molecular flexibility index (Phi) is 3.41. The summed E-state index contributed by atoms with van der Waals surface area (Å²) in [4.78, 5) is 13.9. The van der Waals surface area contributed by atoms with Crippen LogP contribution in [-0.2, 0) is 12.8 Å². The molecule has 1 aromatic carbocycles. The third kappa shape index (κ3) is 2.01. The summed E-state index contributed by atoms with van der Waals surface area (Å²) >= 11 is 0. The number of hydrogen-bond acceptors (Lipinski definition) is 3. The number of nitrogens with zero attached hydrogens (tertiary/aromatic N) is 1. The fraction of sp³-hybridized carbons (Fsp3) is 0.400. The molecular weight excluding hydrogens is 226 g/mol. The normalized spacial score (nSPS) is 10.9. The van der Waals surface area contributed by atoms with Gasteiger partial charge < -0.3 is 9.32 Å². The Balaban J connectivity index is 2.79. The van der Waals surface area contributed by atoms with E-state index >= 15 is 0 Å². The molecular formula is C15H19NO2. The molecule has 0 amide bonds. The quantitative estimate of drug-likeness (QED) is 0.779. The van der Waals surface area contributed by atoms with Gasteiger partial charge in [-0.3, -0.25) is 0 Å². The molecule has 96 valence electrons. The minimum atomic E-state index is -0.197. The van der Waals surface area contributed by atoms with Gasteiger partial charge in [0.15, 0.2) is 0 Å². The first-order chi connectivity index (χ1) is 8.58. The number of benzene rings is 1. The van der Waals surface area contributed by atoms with Gasteiger partial charge in [0, 0.05) is 36.8 Å². The van der Waals surface area contributed by atoms with E-state index in [0.717, 1.165) is 35.0 Å². The third-order valence-electron chi connectivity index (χ3n) is 3.33. The van der Waals surface area contributed by atoms with Gasteiger partial charge in [-0.05, 0) is 30.5 Å². The van der Waals surface area contributed by atoms with Crippen LogP contribution in [0.15, 0.2) is 27.4 Å². The van der Waals surface area contributed by atoms with Crippen LogP contribution >= 0.6 is 0 Å². The molecule has 0 aliphatic carbocycles. The first kappa shape index (κ1) is 12.7. The van der Waals surface area contributed by atoms with Crippen molar-refractivity contribution in [2.24, 2.45) is 0 Å². The van der Waals surface area contributed by atoms with Crippen molar-refractivity contribution < 1.29 is 4.42 Å². The summed E-state index contributed by atoms with van der Waals surface area (Å²) in [5.74, 6) is 0. The SMILES string of the molecule is CCc1c(CC)c2ccc(N(C)C)cc2oc1=O. The number of anilines is 1. The fourth-order valence-corrected chi connectivity index (χ4v) is 2.33. The average Bonchev–Trinajstić information content (AvgIpc) is 2.36. The van der Waals surface area contributed by atoms with Crippen molar-refractivity contribution in [2.75, 3.05) is 19.0 Å². The van der Waals surface area contributed by atoms with E-state index in [4.69, 9.17) is 4.42 Å². The van der Waals surface area contributed by atoms with Gasteiger partial charge >= 0.3 is 5.63 Å². The molecule has 0 spiro atoms. The predicted octanol–water partition coefficient (Wildman–Crippen LogP) is 2.98. The maximum Gasteiger partial charge on any atom is 0.339 e. The van der Waals surface area contributed by atoms with Gasteiger partial charge in [0.05, 0.1) is 0 Å². The lowest BCUT2D eigenvalue weighted by Gasteiger charge is -2.14. The molecule has 0 unspecified atom stereocenters. The van der Waals surface area contributed by atoms with Gasteiger partial charge in [-0.25, -0.2) is 4.79 Å². The zero-order chi connectivity index (χ0) is 13.3. The maximum absolute atomic E-state index is 11.9. The van der Waals surface area contributed by atoms with Crippen LogP contribution in [0.25, 0.3) is 11.0 Å². The summed E-state index contributed by atoms with van der Waals surface area (Å²) in [5.41, 5.74) is 3.45. The molecule has 0 saturated heterocycles. The van der Waals surface area contributed by atoms with Crippen LogP contribution in [0.5, 0.6) is 0 Å². The number of rotatable bonds is 3. The second kappa shape index (κ2) is 4.84. The van der Waals surface area contributed by atoms with Gasteiger partial charge in [-0.1, -0.05) is 13.8 Å². The number of fused-ring (bicyclic) bond motifs is 1. The summed E-state index contributed by atoms with van der Waals surface area (Å²) in [7, 11) is 3.95. The Morgan fingerprint density at radius 3 is 2.33 bits per heavy atom. The maximum atomic E-state index is 11.9. The lowest BCUT2D eigenvalue weighted by atomic mass is 10.0. The molecule has 0 radical (unpaired) electrons. The minimum Gasteiger partial charge on any atom is -0.422 e. The highest BCUT2D eigenvalue weighted by molar-refractivity contribution is 5.84. The predicted molar refractivity (Wildman–Crippen MR) is 75.6 cm³/mol. The minimum absolute atomic E-state index is 0.197. The molecule has 18 heavy (non-hydrogen) atoms. The van der Waals surface area contributed by atoms with Crippen LogP contribution in [-0.4, -0.2) is 14.1 Å². The highest BCUT2D eigenvalue weighted by atomic mass is 16.4. The second-order valence-corrected chi connectivity index (χ2v) is 4.63. The van der Waals surface area contributed by atoms with Crippen molar-refractivity contribution in [1.29, 1.82) is 0 Å². The molecule has 1 aromatic heterocycles. The lowest BCUT2D eigenvalue weighted by molar-refractivity contribution is 0.549. The summed E-state index contributed by atoms with van der Waals surface area (Å²) in [5, 5.41) is 1.06. The van der Waals surface area contributed by atoms with Crippen LogP contribution in [0, 0.1) is 0 Å². The highest BCUT2D eigenvalue weighted by Crippen LogP contribution is 2.25. The first-order valence-electron chi connectivity index (χ1n) is 6.34. The van der Waals surface area contributed by atoms with Crippen LogP contribution in [0.2, 0.25) is 0 Å². The summed E-state index contributed by atoms with van der Waals surface area (Å²) in [6, 6.07) is 6.03. The van der Waals surface area contributed by atoms with Crippen molar-refractivity contribution in [3.8, 4) is 0 Å². The molecule has 3 heteroatoms. The highest BCUT2D eigenvalue weighted by Gasteiger charge is 2.12. The molecule has 3 nitrogen and oxygen atoms in total. The van der Waals surface area contributed by atoms with E-state index in [2.05, 4.69) is 13.0 Å². The topological polar surface area (TPSA) is 33.5 Å². The Morgan fingerprint density at radius 1 is 1.11 bits per heavy atom. The molecule has 0 aliphatic rings. The van der Waals surface area contributed by atoms with E-state index in [0.29, 0.717) is 5.58 Å². The van der Waals surface area contributed by atoms with E-state index in [9.17, 15) is 4.79 Å². The average molecular weight is 245 g/mol. The first-order valence-corrected chi connectivity index (χ1v) is 6.34. The molecule has 0 saturated carbocycles. The molecule has 1 heterocycles. The zero-order valence-electron chi connectivity index (χ0n) is 11.4. The van der Waals surface area contributed by atoms with E-state index < -0.39 is 0 Å². The van der Waals surface area contributed by atoms with Gasteiger partial charge in [-0.15, -0.1) is 0 Å². The second-order valence-electron chi connectivity index (χ2n) is 4.63. The van der Waals surface area contributed by atoms with Crippen LogP contribution in [0.3, 0.4) is 0 Å². The van der Waals surface area contributed by atoms with Crippen molar-refractivity contribution in [1.82, 2.24) is 0 Å². The standard InChI is InChI=1S/C15H19NO2/c1-5-11-12(6-2)15(17)18-14-9-10(16(3)4)7-8-13(11)14/h7-9H,5-6H2,1-4H3. The van der Waals surface area contributed by atoms with E-state index in [-0.39, 0.29) is 5.63 Å². The van der Waals surface area contributed by atoms with Crippen molar-refractivity contribution >= 4 is 16.7 Å². The number of aryl methyl sites for hydroxylation is 1. The molecule has 0 aliphatic heterocycles. The van der Waals surface area contributed by atoms with Gasteiger partial charge in [-0.2, -0.15) is 0 Å². The smallest absolute Gasteiger partial charge is 0.339 e. The van der Waals surface area contributed by atoms with Gasteiger partial charge in [0.25, 0.3) is 0 Å².